The normalized spacial score (nSPS) is 13.9. The van der Waals surface area contributed by atoms with E-state index >= 15 is 0 Å². The minimum absolute atomic E-state index is 0.0731. The van der Waals surface area contributed by atoms with E-state index < -0.39 is 6.04 Å². The number of benzene rings is 2. The van der Waals surface area contributed by atoms with E-state index in [0.717, 1.165) is 11.1 Å². The summed E-state index contributed by atoms with van der Waals surface area (Å²) < 4.78 is 0. The van der Waals surface area contributed by atoms with Crippen LogP contribution >= 0.6 is 0 Å². The molecule has 0 saturated heterocycles. The molecule has 21 heavy (non-hydrogen) atoms. The van der Waals surface area contributed by atoms with Gasteiger partial charge in [0.25, 0.3) is 0 Å². The summed E-state index contributed by atoms with van der Waals surface area (Å²) in [4.78, 5) is 11.8. The van der Waals surface area contributed by atoms with E-state index in [4.69, 9.17) is 5.73 Å². The lowest BCUT2D eigenvalue weighted by molar-refractivity contribution is -0.120. The maximum absolute atomic E-state index is 11.8. The largest absolute Gasteiger partial charge is 0.368 e. The first-order valence-corrected chi connectivity index (χ1v) is 7.25. The highest BCUT2D eigenvalue weighted by molar-refractivity contribution is 5.81. The summed E-state index contributed by atoms with van der Waals surface area (Å²) in [5.41, 5.74) is 7.65. The number of nitrogens with two attached hydrogens (primary N) is 1. The van der Waals surface area contributed by atoms with Crippen molar-refractivity contribution in [1.29, 1.82) is 0 Å². The van der Waals surface area contributed by atoms with Crippen molar-refractivity contribution in [3.63, 3.8) is 0 Å². The van der Waals surface area contributed by atoms with Crippen LogP contribution in [-0.2, 0) is 4.79 Å². The minimum atomic E-state index is -0.487. The molecule has 3 heteroatoms. The van der Waals surface area contributed by atoms with Gasteiger partial charge in [-0.25, -0.2) is 0 Å². The standard InChI is InChI=1S/C18H22N2O/c1-13(2)16(14-9-5-3-6-10-14)20-17(18(19)21)15-11-7-4-8-12-15/h3-13,16-17,20H,1-2H3,(H2,19,21)/t16-,17+/m0/s1. The van der Waals surface area contributed by atoms with Gasteiger partial charge in [-0.2, -0.15) is 0 Å². The van der Waals surface area contributed by atoms with Crippen molar-refractivity contribution in [2.24, 2.45) is 11.7 Å². The molecule has 2 atom stereocenters. The number of rotatable bonds is 6. The van der Waals surface area contributed by atoms with Gasteiger partial charge < -0.3 is 5.73 Å². The first-order valence-electron chi connectivity index (χ1n) is 7.25. The number of hydrogen-bond acceptors (Lipinski definition) is 2. The van der Waals surface area contributed by atoms with Gasteiger partial charge in [-0.3, -0.25) is 10.1 Å². The molecule has 2 rings (SSSR count). The maximum Gasteiger partial charge on any atom is 0.239 e. The predicted octanol–water partition coefficient (Wildman–Crippen LogP) is 3.20. The zero-order valence-electron chi connectivity index (χ0n) is 12.5. The second-order valence-corrected chi connectivity index (χ2v) is 5.55. The van der Waals surface area contributed by atoms with Gasteiger partial charge >= 0.3 is 0 Å². The molecule has 110 valence electrons. The quantitative estimate of drug-likeness (QED) is 0.855. The van der Waals surface area contributed by atoms with E-state index in [0.29, 0.717) is 5.92 Å². The molecule has 2 aromatic rings. The third-order valence-corrected chi connectivity index (χ3v) is 3.59. The summed E-state index contributed by atoms with van der Waals surface area (Å²) in [5.74, 6) is -0.0132. The Morgan fingerprint density at radius 1 is 0.905 bits per heavy atom. The molecular weight excluding hydrogens is 260 g/mol. The second kappa shape index (κ2) is 7.04. The van der Waals surface area contributed by atoms with Crippen LogP contribution in [0.1, 0.15) is 37.1 Å². The van der Waals surface area contributed by atoms with Gasteiger partial charge in [-0.1, -0.05) is 74.5 Å². The lowest BCUT2D eigenvalue weighted by Crippen LogP contribution is -2.37. The first kappa shape index (κ1) is 15.3. The third-order valence-electron chi connectivity index (χ3n) is 3.59. The lowest BCUT2D eigenvalue weighted by atomic mass is 9.94. The van der Waals surface area contributed by atoms with Crippen molar-refractivity contribution in [1.82, 2.24) is 5.32 Å². The number of nitrogens with one attached hydrogen (secondary N) is 1. The smallest absolute Gasteiger partial charge is 0.239 e. The van der Waals surface area contributed by atoms with Gasteiger partial charge in [0.05, 0.1) is 0 Å². The summed E-state index contributed by atoms with van der Waals surface area (Å²) in [6.45, 7) is 4.27. The Balaban J connectivity index is 2.27. The third kappa shape index (κ3) is 3.92. The molecule has 0 unspecified atom stereocenters. The molecule has 3 N–H and O–H groups in total. The van der Waals surface area contributed by atoms with Crippen molar-refractivity contribution < 1.29 is 4.79 Å². The molecule has 0 radical (unpaired) electrons. The van der Waals surface area contributed by atoms with Crippen LogP contribution in [0.4, 0.5) is 0 Å². The highest BCUT2D eigenvalue weighted by atomic mass is 16.1. The monoisotopic (exact) mass is 282 g/mol. The molecule has 0 aliphatic rings. The topological polar surface area (TPSA) is 55.1 Å². The van der Waals surface area contributed by atoms with Crippen LogP contribution in [-0.4, -0.2) is 5.91 Å². The van der Waals surface area contributed by atoms with Crippen molar-refractivity contribution >= 4 is 5.91 Å². The summed E-state index contributed by atoms with van der Waals surface area (Å²) in [5, 5.41) is 3.41. The van der Waals surface area contributed by atoms with E-state index in [-0.39, 0.29) is 11.9 Å². The molecule has 0 bridgehead atoms. The van der Waals surface area contributed by atoms with Crippen LogP contribution < -0.4 is 11.1 Å². The first-order chi connectivity index (χ1) is 10.1. The summed E-state index contributed by atoms with van der Waals surface area (Å²) in [6, 6.07) is 19.3. The Kier molecular flexibility index (Phi) is 5.12. The van der Waals surface area contributed by atoms with E-state index in [1.165, 1.54) is 0 Å². The van der Waals surface area contributed by atoms with Crippen LogP contribution in [0.25, 0.3) is 0 Å². The average molecular weight is 282 g/mol. The van der Waals surface area contributed by atoms with Crippen molar-refractivity contribution in [2.45, 2.75) is 25.9 Å². The van der Waals surface area contributed by atoms with E-state index in [9.17, 15) is 4.79 Å². The number of amides is 1. The number of primary amides is 1. The van der Waals surface area contributed by atoms with Crippen molar-refractivity contribution in [3.8, 4) is 0 Å². The van der Waals surface area contributed by atoms with Crippen LogP contribution in [0.3, 0.4) is 0 Å². The van der Waals surface area contributed by atoms with Gasteiger partial charge in [-0.05, 0) is 17.0 Å². The molecule has 0 aliphatic heterocycles. The van der Waals surface area contributed by atoms with E-state index in [2.05, 4.69) is 31.3 Å². The van der Waals surface area contributed by atoms with Gasteiger partial charge in [0.15, 0.2) is 0 Å². The summed E-state index contributed by atoms with van der Waals surface area (Å²) in [7, 11) is 0. The molecule has 0 heterocycles. The zero-order valence-corrected chi connectivity index (χ0v) is 12.5. The molecule has 0 fully saturated rings. The SMILES string of the molecule is CC(C)[C@H](N[C@@H](C(N)=O)c1ccccc1)c1ccccc1. The van der Waals surface area contributed by atoms with Crippen LogP contribution in [0.5, 0.6) is 0 Å². The van der Waals surface area contributed by atoms with Crippen molar-refractivity contribution in [2.75, 3.05) is 0 Å². The number of carbonyl (C=O) groups is 1. The Bertz CT molecular complexity index is 566. The Morgan fingerprint density at radius 2 is 1.38 bits per heavy atom. The second-order valence-electron chi connectivity index (χ2n) is 5.55. The Morgan fingerprint density at radius 3 is 1.81 bits per heavy atom. The molecule has 0 spiro atoms. The summed E-state index contributed by atoms with van der Waals surface area (Å²) >= 11 is 0. The predicted molar refractivity (Wildman–Crippen MR) is 85.5 cm³/mol. The highest BCUT2D eigenvalue weighted by Gasteiger charge is 2.24. The molecule has 2 aromatic carbocycles. The maximum atomic E-state index is 11.8. The van der Waals surface area contributed by atoms with Gasteiger partial charge in [0.1, 0.15) is 6.04 Å². The van der Waals surface area contributed by atoms with Crippen molar-refractivity contribution in [3.05, 3.63) is 71.8 Å². The van der Waals surface area contributed by atoms with E-state index in [1.807, 2.05) is 48.5 Å². The fraction of sp³-hybridized carbons (Fsp3) is 0.278. The number of carbonyl (C=O) groups excluding carboxylic acids is 1. The zero-order chi connectivity index (χ0) is 15.2. The molecular formula is C18H22N2O. The van der Waals surface area contributed by atoms with Crippen LogP contribution in [0, 0.1) is 5.92 Å². The fourth-order valence-electron chi connectivity index (χ4n) is 2.50. The molecule has 0 aliphatic carbocycles. The fourth-order valence-corrected chi connectivity index (χ4v) is 2.50. The molecule has 3 nitrogen and oxygen atoms in total. The average Bonchev–Trinajstić information content (AvgIpc) is 2.49. The highest BCUT2D eigenvalue weighted by Crippen LogP contribution is 2.25. The minimum Gasteiger partial charge on any atom is -0.368 e. The molecule has 0 aromatic heterocycles. The van der Waals surface area contributed by atoms with E-state index in [1.54, 1.807) is 0 Å². The van der Waals surface area contributed by atoms with Gasteiger partial charge in [0, 0.05) is 6.04 Å². The molecule has 1 amide bonds. The van der Waals surface area contributed by atoms with Gasteiger partial charge in [0.2, 0.25) is 5.91 Å². The number of hydrogen-bond donors (Lipinski definition) is 2. The van der Waals surface area contributed by atoms with Gasteiger partial charge in [-0.15, -0.1) is 0 Å². The van der Waals surface area contributed by atoms with Crippen LogP contribution in [0.2, 0.25) is 0 Å². The summed E-state index contributed by atoms with van der Waals surface area (Å²) in [6.07, 6.45) is 0. The lowest BCUT2D eigenvalue weighted by Gasteiger charge is -2.27. The Labute approximate surface area is 126 Å². The Hall–Kier alpha value is -2.13. The molecule has 0 saturated carbocycles. The van der Waals surface area contributed by atoms with Crippen LogP contribution in [0.15, 0.2) is 60.7 Å².